The van der Waals surface area contributed by atoms with Crippen molar-refractivity contribution in [1.82, 2.24) is 0 Å². The van der Waals surface area contributed by atoms with Crippen molar-refractivity contribution < 1.29 is 0 Å². The average Bonchev–Trinajstić information content (AvgIpc) is 2.42. The second kappa shape index (κ2) is 6.31. The van der Waals surface area contributed by atoms with E-state index in [2.05, 4.69) is 93.4 Å². The van der Waals surface area contributed by atoms with E-state index >= 15 is 0 Å². The molecule has 0 heterocycles. The number of anilines is 1. The molecule has 0 bridgehead atoms. The van der Waals surface area contributed by atoms with Crippen LogP contribution >= 0.6 is 0 Å². The molecule has 0 aliphatic heterocycles. The van der Waals surface area contributed by atoms with E-state index in [1.165, 1.54) is 27.7 Å². The van der Waals surface area contributed by atoms with Crippen LogP contribution in [0, 0.1) is 13.8 Å². The second-order valence-corrected chi connectivity index (χ2v) is 11.6. The number of hydrogen-bond acceptors (Lipinski definition) is 1. The van der Waals surface area contributed by atoms with Crippen LogP contribution in [0.2, 0.25) is 19.6 Å². The highest BCUT2D eigenvalue weighted by Crippen LogP contribution is 2.26. The van der Waals surface area contributed by atoms with Gasteiger partial charge in [0.15, 0.2) is 0 Å². The molecule has 1 nitrogen and oxygen atoms in total. The molecule has 110 valence electrons. The Bertz CT molecular complexity index is 616. The number of rotatable bonds is 4. The van der Waals surface area contributed by atoms with E-state index in [9.17, 15) is 0 Å². The Hall–Kier alpha value is -1.80. The van der Waals surface area contributed by atoms with Gasteiger partial charge < -0.3 is 5.32 Å². The summed E-state index contributed by atoms with van der Waals surface area (Å²) in [7, 11) is -1.45. The molecule has 0 aliphatic rings. The molecule has 0 saturated heterocycles. The fraction of sp³-hybridized carbons (Fsp3) is 0.263. The van der Waals surface area contributed by atoms with Crippen LogP contribution in [-0.2, 0) is 0 Å². The molecule has 0 fully saturated rings. The van der Waals surface area contributed by atoms with Gasteiger partial charge >= 0.3 is 0 Å². The van der Waals surface area contributed by atoms with Gasteiger partial charge in [-0.3, -0.25) is 0 Å². The molecule has 0 radical (unpaired) electrons. The zero-order chi connectivity index (χ0) is 15.5. The minimum Gasteiger partial charge on any atom is -0.362 e. The highest BCUT2D eigenvalue weighted by atomic mass is 28.3. The summed E-state index contributed by atoms with van der Waals surface area (Å²) in [5.74, 6) is 0. The molecular formula is C19H25NSi. The summed E-state index contributed by atoms with van der Waals surface area (Å²) in [6, 6.07) is 17.0. The Morgan fingerprint density at radius 1 is 0.857 bits per heavy atom. The van der Waals surface area contributed by atoms with Crippen molar-refractivity contribution >= 4 is 19.8 Å². The number of hydrogen-bond donors (Lipinski definition) is 1. The zero-order valence-corrected chi connectivity index (χ0v) is 14.7. The minimum atomic E-state index is -1.45. The Morgan fingerprint density at radius 3 is 1.95 bits per heavy atom. The van der Waals surface area contributed by atoms with Gasteiger partial charge in [0.2, 0.25) is 0 Å². The largest absolute Gasteiger partial charge is 0.362 e. The fourth-order valence-corrected chi connectivity index (χ4v) is 3.40. The molecule has 1 N–H and O–H groups in total. The molecule has 0 amide bonds. The molecule has 2 aromatic carbocycles. The van der Waals surface area contributed by atoms with E-state index in [0.717, 1.165) is 0 Å². The first-order chi connectivity index (χ1) is 9.88. The van der Waals surface area contributed by atoms with Crippen molar-refractivity contribution in [1.29, 1.82) is 0 Å². The fourth-order valence-electron chi connectivity index (χ4n) is 2.30. The highest BCUT2D eigenvalue weighted by molar-refractivity contribution is 6.84. The maximum Gasteiger partial charge on any atom is 0.0982 e. The Balaban J connectivity index is 2.41. The van der Waals surface area contributed by atoms with Gasteiger partial charge in [0.1, 0.15) is 0 Å². The highest BCUT2D eigenvalue weighted by Gasteiger charge is 2.21. The first kappa shape index (κ1) is 15.6. The Labute approximate surface area is 129 Å². The van der Waals surface area contributed by atoms with Gasteiger partial charge in [-0.1, -0.05) is 68.2 Å². The van der Waals surface area contributed by atoms with Crippen LogP contribution in [0.3, 0.4) is 0 Å². The molecule has 0 aliphatic carbocycles. The van der Waals surface area contributed by atoms with E-state index < -0.39 is 8.07 Å². The van der Waals surface area contributed by atoms with Crippen LogP contribution in [0.25, 0.3) is 6.08 Å². The van der Waals surface area contributed by atoms with Crippen molar-refractivity contribution in [2.75, 3.05) is 5.32 Å². The Morgan fingerprint density at radius 2 is 1.43 bits per heavy atom. The smallest absolute Gasteiger partial charge is 0.0982 e. The lowest BCUT2D eigenvalue weighted by atomic mass is 10.1. The van der Waals surface area contributed by atoms with Gasteiger partial charge in [0.05, 0.1) is 8.07 Å². The molecule has 0 saturated carbocycles. The molecule has 0 unspecified atom stereocenters. The maximum atomic E-state index is 3.73. The molecule has 0 atom stereocenters. The van der Waals surface area contributed by atoms with Crippen molar-refractivity contribution in [3.05, 3.63) is 70.5 Å². The van der Waals surface area contributed by atoms with E-state index in [1.54, 1.807) is 0 Å². The third-order valence-corrected chi connectivity index (χ3v) is 5.54. The van der Waals surface area contributed by atoms with Crippen LogP contribution in [0.15, 0.2) is 53.9 Å². The van der Waals surface area contributed by atoms with Crippen LogP contribution in [0.5, 0.6) is 0 Å². The normalized spacial score (nSPS) is 12.3. The molecule has 2 heteroatoms. The van der Waals surface area contributed by atoms with Gasteiger partial charge in [-0.25, -0.2) is 0 Å². The van der Waals surface area contributed by atoms with Gasteiger partial charge in [-0.05, 0) is 41.9 Å². The summed E-state index contributed by atoms with van der Waals surface area (Å²) in [4.78, 5) is 0. The summed E-state index contributed by atoms with van der Waals surface area (Å²) in [5.41, 5.74) is 5.11. The van der Waals surface area contributed by atoms with Crippen molar-refractivity contribution in [3.8, 4) is 0 Å². The number of benzene rings is 2. The predicted molar refractivity (Wildman–Crippen MR) is 97.3 cm³/mol. The van der Waals surface area contributed by atoms with Gasteiger partial charge in [0.25, 0.3) is 0 Å². The SMILES string of the molecule is Cc1cccc(C)c1N/C(=C\c1ccccc1)[Si](C)(C)C. The molecular weight excluding hydrogens is 270 g/mol. The lowest BCUT2D eigenvalue weighted by molar-refractivity contribution is 1.34. The third-order valence-electron chi connectivity index (χ3n) is 3.66. The lowest BCUT2D eigenvalue weighted by Crippen LogP contribution is -2.29. The van der Waals surface area contributed by atoms with Crippen LogP contribution in [-0.4, -0.2) is 8.07 Å². The standard InChI is InChI=1S/C19H25NSi/c1-15-10-9-11-16(2)19(15)20-18(21(3,4)5)14-17-12-7-6-8-13-17/h6-14,20H,1-5H3/b18-14+. The second-order valence-electron chi connectivity index (χ2n) is 6.61. The molecule has 2 aromatic rings. The monoisotopic (exact) mass is 295 g/mol. The summed E-state index contributed by atoms with van der Waals surface area (Å²) in [5, 5.41) is 5.09. The van der Waals surface area contributed by atoms with E-state index in [4.69, 9.17) is 0 Å². The molecule has 21 heavy (non-hydrogen) atoms. The average molecular weight is 296 g/mol. The molecule has 2 rings (SSSR count). The first-order valence-corrected chi connectivity index (χ1v) is 11.0. The number of nitrogens with one attached hydrogen (secondary N) is 1. The van der Waals surface area contributed by atoms with Crippen molar-refractivity contribution in [2.45, 2.75) is 33.5 Å². The van der Waals surface area contributed by atoms with Gasteiger partial charge in [-0.2, -0.15) is 0 Å². The summed E-state index contributed by atoms with van der Waals surface area (Å²) >= 11 is 0. The van der Waals surface area contributed by atoms with E-state index in [1.807, 2.05) is 0 Å². The van der Waals surface area contributed by atoms with Gasteiger partial charge in [0, 0.05) is 5.69 Å². The lowest BCUT2D eigenvalue weighted by Gasteiger charge is -2.25. The minimum absolute atomic E-state index is 1.25. The summed E-state index contributed by atoms with van der Waals surface area (Å²) in [6.07, 6.45) is 2.30. The van der Waals surface area contributed by atoms with Crippen LogP contribution in [0.1, 0.15) is 16.7 Å². The van der Waals surface area contributed by atoms with Crippen molar-refractivity contribution in [2.24, 2.45) is 0 Å². The zero-order valence-electron chi connectivity index (χ0n) is 13.7. The van der Waals surface area contributed by atoms with Crippen LogP contribution in [0.4, 0.5) is 5.69 Å². The van der Waals surface area contributed by atoms with E-state index in [-0.39, 0.29) is 0 Å². The van der Waals surface area contributed by atoms with Crippen LogP contribution < -0.4 is 5.32 Å². The first-order valence-electron chi connectivity index (χ1n) is 7.48. The maximum absolute atomic E-state index is 3.73. The number of aryl methyl sites for hydroxylation is 2. The Kier molecular flexibility index (Phi) is 4.68. The van der Waals surface area contributed by atoms with Crippen molar-refractivity contribution in [3.63, 3.8) is 0 Å². The quantitative estimate of drug-likeness (QED) is 0.720. The topological polar surface area (TPSA) is 12.0 Å². The summed E-state index contributed by atoms with van der Waals surface area (Å²) in [6.45, 7) is 11.5. The summed E-state index contributed by atoms with van der Waals surface area (Å²) < 4.78 is 0. The van der Waals surface area contributed by atoms with E-state index in [0.29, 0.717) is 0 Å². The molecule has 0 spiro atoms. The van der Waals surface area contributed by atoms with Gasteiger partial charge in [-0.15, -0.1) is 0 Å². The molecule has 0 aromatic heterocycles. The predicted octanol–water partition coefficient (Wildman–Crippen LogP) is 5.63. The number of para-hydroxylation sites is 1. The third kappa shape index (κ3) is 4.08.